The lowest BCUT2D eigenvalue weighted by molar-refractivity contribution is -0.137. The number of hydrogen-bond acceptors (Lipinski definition) is 3. The van der Waals surface area contributed by atoms with Crippen molar-refractivity contribution in [3.63, 3.8) is 0 Å². The van der Waals surface area contributed by atoms with E-state index in [0.717, 1.165) is 17.2 Å². The molecule has 28 heavy (non-hydrogen) atoms. The van der Waals surface area contributed by atoms with Crippen molar-refractivity contribution in [2.75, 3.05) is 5.43 Å². The Bertz CT molecular complexity index is 925. The van der Waals surface area contributed by atoms with E-state index in [9.17, 15) is 22.8 Å². The van der Waals surface area contributed by atoms with Crippen molar-refractivity contribution in [3.8, 4) is 0 Å². The monoisotopic (exact) mass is 389 g/mol. The van der Waals surface area contributed by atoms with Gasteiger partial charge in [0, 0.05) is 13.1 Å². The standard InChI is InChI=1S/C20H18F3N3O2/c1-13(27)26-11-10-14-6-2-3-7-15(14)18(26)12-19(28)25-24-17-9-5-4-8-16(17)20(21,22)23/h2-11,18,24H,12H2,1H3,(H,25,28). The summed E-state index contributed by atoms with van der Waals surface area (Å²) in [6, 6.07) is 11.6. The third-order valence-corrected chi connectivity index (χ3v) is 4.42. The second-order valence-corrected chi connectivity index (χ2v) is 6.31. The van der Waals surface area contributed by atoms with E-state index in [0.29, 0.717) is 0 Å². The molecule has 2 N–H and O–H groups in total. The van der Waals surface area contributed by atoms with Gasteiger partial charge in [0.25, 0.3) is 0 Å². The molecular formula is C20H18F3N3O2. The molecule has 5 nitrogen and oxygen atoms in total. The van der Waals surface area contributed by atoms with Gasteiger partial charge < -0.3 is 4.90 Å². The SMILES string of the molecule is CC(=O)N1C=Cc2ccccc2C1CC(=O)NNc1ccccc1C(F)(F)F. The summed E-state index contributed by atoms with van der Waals surface area (Å²) in [6.07, 6.45) is -1.27. The summed E-state index contributed by atoms with van der Waals surface area (Å²) >= 11 is 0. The summed E-state index contributed by atoms with van der Waals surface area (Å²) < 4.78 is 39.1. The predicted octanol–water partition coefficient (Wildman–Crippen LogP) is 4.11. The van der Waals surface area contributed by atoms with Crippen LogP contribution in [0.3, 0.4) is 0 Å². The van der Waals surface area contributed by atoms with Crippen LogP contribution in [0, 0.1) is 0 Å². The zero-order chi connectivity index (χ0) is 20.3. The first-order chi connectivity index (χ1) is 13.3. The minimum Gasteiger partial charge on any atom is -0.311 e. The van der Waals surface area contributed by atoms with Crippen molar-refractivity contribution in [1.29, 1.82) is 0 Å². The maximum absolute atomic E-state index is 13.0. The van der Waals surface area contributed by atoms with Crippen molar-refractivity contribution in [3.05, 3.63) is 71.4 Å². The van der Waals surface area contributed by atoms with Gasteiger partial charge in [-0.2, -0.15) is 13.2 Å². The number of rotatable bonds is 4. The van der Waals surface area contributed by atoms with Crippen molar-refractivity contribution in [1.82, 2.24) is 10.3 Å². The number of halogens is 3. The Morgan fingerprint density at radius 3 is 2.46 bits per heavy atom. The molecule has 1 aliphatic rings. The van der Waals surface area contributed by atoms with Gasteiger partial charge in [-0.15, -0.1) is 0 Å². The van der Waals surface area contributed by atoms with E-state index in [1.54, 1.807) is 18.3 Å². The zero-order valence-corrected chi connectivity index (χ0v) is 15.0. The van der Waals surface area contributed by atoms with Crippen molar-refractivity contribution >= 4 is 23.6 Å². The van der Waals surface area contributed by atoms with E-state index in [-0.39, 0.29) is 18.0 Å². The van der Waals surface area contributed by atoms with Crippen LogP contribution >= 0.6 is 0 Å². The summed E-state index contributed by atoms with van der Waals surface area (Å²) in [6.45, 7) is 1.39. The van der Waals surface area contributed by atoms with Gasteiger partial charge in [0.1, 0.15) is 0 Å². The average molecular weight is 389 g/mol. The van der Waals surface area contributed by atoms with Crippen LogP contribution in [0.25, 0.3) is 6.08 Å². The molecule has 0 bridgehead atoms. The predicted molar refractivity (Wildman–Crippen MR) is 98.6 cm³/mol. The smallest absolute Gasteiger partial charge is 0.311 e. The Balaban J connectivity index is 1.74. The molecule has 0 saturated carbocycles. The van der Waals surface area contributed by atoms with Crippen LogP contribution in [0.4, 0.5) is 18.9 Å². The lowest BCUT2D eigenvalue weighted by Crippen LogP contribution is -2.37. The molecule has 1 atom stereocenters. The van der Waals surface area contributed by atoms with Gasteiger partial charge in [-0.25, -0.2) is 0 Å². The van der Waals surface area contributed by atoms with Crippen LogP contribution in [0.15, 0.2) is 54.7 Å². The van der Waals surface area contributed by atoms with E-state index in [1.165, 1.54) is 30.0 Å². The lowest BCUT2D eigenvalue weighted by Gasteiger charge is -2.32. The molecule has 0 saturated heterocycles. The van der Waals surface area contributed by atoms with Crippen LogP contribution in [0.1, 0.15) is 36.1 Å². The second-order valence-electron chi connectivity index (χ2n) is 6.31. The summed E-state index contributed by atoms with van der Waals surface area (Å²) in [5, 5.41) is 0. The molecule has 0 aromatic heterocycles. The third-order valence-electron chi connectivity index (χ3n) is 4.42. The number of benzene rings is 2. The molecule has 2 amide bonds. The quantitative estimate of drug-likeness (QED) is 0.774. The maximum atomic E-state index is 13.0. The highest BCUT2D eigenvalue weighted by Gasteiger charge is 2.33. The Labute approximate surface area is 159 Å². The van der Waals surface area contributed by atoms with Gasteiger partial charge in [0.15, 0.2) is 0 Å². The number of fused-ring (bicyclic) bond motifs is 1. The number of para-hydroxylation sites is 1. The molecule has 1 unspecified atom stereocenters. The first-order valence-electron chi connectivity index (χ1n) is 8.54. The van der Waals surface area contributed by atoms with Crippen molar-refractivity contribution in [2.45, 2.75) is 25.6 Å². The summed E-state index contributed by atoms with van der Waals surface area (Å²) in [5.74, 6) is -0.780. The molecule has 0 aliphatic carbocycles. The Morgan fingerprint density at radius 1 is 1.07 bits per heavy atom. The molecule has 3 rings (SSSR count). The van der Waals surface area contributed by atoms with Gasteiger partial charge in [-0.05, 0) is 29.3 Å². The van der Waals surface area contributed by atoms with E-state index in [1.807, 2.05) is 18.2 Å². The van der Waals surface area contributed by atoms with E-state index < -0.39 is 23.7 Å². The molecule has 1 aliphatic heterocycles. The number of nitrogens with one attached hydrogen (secondary N) is 2. The Hall–Kier alpha value is -3.29. The van der Waals surface area contributed by atoms with Crippen LogP contribution in [-0.4, -0.2) is 16.7 Å². The molecule has 0 radical (unpaired) electrons. The molecule has 0 fully saturated rings. The highest BCUT2D eigenvalue weighted by Crippen LogP contribution is 2.35. The first-order valence-corrected chi connectivity index (χ1v) is 8.54. The highest BCUT2D eigenvalue weighted by atomic mass is 19.4. The topological polar surface area (TPSA) is 61.4 Å². The number of carbonyl (C=O) groups is 2. The Morgan fingerprint density at radius 2 is 1.75 bits per heavy atom. The normalized spacial score (nSPS) is 15.7. The molecule has 2 aromatic rings. The van der Waals surface area contributed by atoms with Gasteiger partial charge in [-0.1, -0.05) is 36.4 Å². The third kappa shape index (κ3) is 4.16. The largest absolute Gasteiger partial charge is 0.418 e. The number of hydrogen-bond donors (Lipinski definition) is 2. The van der Waals surface area contributed by atoms with Crippen molar-refractivity contribution in [2.24, 2.45) is 0 Å². The van der Waals surface area contributed by atoms with E-state index >= 15 is 0 Å². The van der Waals surface area contributed by atoms with Crippen LogP contribution in [-0.2, 0) is 15.8 Å². The highest BCUT2D eigenvalue weighted by molar-refractivity contribution is 5.82. The number of anilines is 1. The van der Waals surface area contributed by atoms with Gasteiger partial charge >= 0.3 is 6.18 Å². The molecule has 8 heteroatoms. The van der Waals surface area contributed by atoms with Crippen LogP contribution in [0.2, 0.25) is 0 Å². The molecular weight excluding hydrogens is 371 g/mol. The maximum Gasteiger partial charge on any atom is 0.418 e. The zero-order valence-electron chi connectivity index (χ0n) is 15.0. The minimum atomic E-state index is -4.55. The molecule has 146 valence electrons. The second kappa shape index (κ2) is 7.75. The number of amides is 2. The molecule has 1 heterocycles. The van der Waals surface area contributed by atoms with E-state index in [2.05, 4.69) is 10.9 Å². The Kier molecular flexibility index (Phi) is 5.39. The number of alkyl halides is 3. The first kappa shape index (κ1) is 19.5. The fourth-order valence-corrected chi connectivity index (χ4v) is 3.12. The van der Waals surface area contributed by atoms with E-state index in [4.69, 9.17) is 0 Å². The minimum absolute atomic E-state index is 0.109. The summed E-state index contributed by atoms with van der Waals surface area (Å²) in [4.78, 5) is 25.8. The lowest BCUT2D eigenvalue weighted by atomic mass is 9.93. The number of hydrazine groups is 1. The number of nitrogens with zero attached hydrogens (tertiary/aromatic N) is 1. The molecule has 2 aromatic carbocycles. The molecule has 0 spiro atoms. The van der Waals surface area contributed by atoms with Crippen LogP contribution in [0.5, 0.6) is 0 Å². The fraction of sp³-hybridized carbons (Fsp3) is 0.200. The van der Waals surface area contributed by atoms with Gasteiger partial charge in [0.05, 0.1) is 23.7 Å². The summed E-state index contributed by atoms with van der Waals surface area (Å²) in [5.41, 5.74) is 5.18. The van der Waals surface area contributed by atoms with Gasteiger partial charge in [0.2, 0.25) is 11.8 Å². The van der Waals surface area contributed by atoms with Crippen molar-refractivity contribution < 1.29 is 22.8 Å². The summed E-state index contributed by atoms with van der Waals surface area (Å²) in [7, 11) is 0. The fourth-order valence-electron chi connectivity index (χ4n) is 3.12. The van der Waals surface area contributed by atoms with Gasteiger partial charge in [-0.3, -0.25) is 20.4 Å². The van der Waals surface area contributed by atoms with Crippen LogP contribution < -0.4 is 10.9 Å². The number of carbonyl (C=O) groups excluding carboxylic acids is 2. The average Bonchev–Trinajstić information content (AvgIpc) is 2.66.